The monoisotopic (exact) mass is 349 g/mol. The van der Waals surface area contributed by atoms with Crippen LogP contribution in [0.25, 0.3) is 0 Å². The SMILES string of the molecule is COC(=O)c1sccc1OCC(=O)NCc1ccc2c(c1)OCO2. The fraction of sp³-hybridized carbons (Fsp3) is 0.250. The van der Waals surface area contributed by atoms with Crippen molar-refractivity contribution in [3.8, 4) is 17.2 Å². The molecule has 1 N–H and O–H groups in total. The summed E-state index contributed by atoms with van der Waals surface area (Å²) in [5, 5.41) is 4.44. The van der Waals surface area contributed by atoms with Crippen molar-refractivity contribution in [3.63, 3.8) is 0 Å². The molecule has 0 aliphatic carbocycles. The summed E-state index contributed by atoms with van der Waals surface area (Å²) in [6.07, 6.45) is 0. The van der Waals surface area contributed by atoms with Crippen molar-refractivity contribution in [1.82, 2.24) is 5.32 Å². The zero-order valence-corrected chi connectivity index (χ0v) is 13.7. The van der Waals surface area contributed by atoms with E-state index in [9.17, 15) is 9.59 Å². The number of fused-ring (bicyclic) bond motifs is 1. The minimum absolute atomic E-state index is 0.189. The summed E-state index contributed by atoms with van der Waals surface area (Å²) in [5.74, 6) is 0.917. The number of amides is 1. The molecule has 7 nitrogen and oxygen atoms in total. The van der Waals surface area contributed by atoms with Gasteiger partial charge >= 0.3 is 5.97 Å². The fourth-order valence-corrected chi connectivity index (χ4v) is 2.85. The highest BCUT2D eigenvalue weighted by atomic mass is 32.1. The van der Waals surface area contributed by atoms with E-state index < -0.39 is 5.97 Å². The van der Waals surface area contributed by atoms with Crippen LogP contribution in [0.15, 0.2) is 29.6 Å². The zero-order chi connectivity index (χ0) is 16.9. The van der Waals surface area contributed by atoms with E-state index in [1.54, 1.807) is 17.5 Å². The standard InChI is InChI=1S/C16H15NO6S/c1-20-16(19)15-12(4-5-24-15)21-8-14(18)17-7-10-2-3-11-13(6-10)23-9-22-11/h2-6H,7-9H2,1H3,(H,17,18). The van der Waals surface area contributed by atoms with Crippen LogP contribution in [0.5, 0.6) is 17.2 Å². The van der Waals surface area contributed by atoms with Gasteiger partial charge in [0.25, 0.3) is 5.91 Å². The minimum Gasteiger partial charge on any atom is -0.482 e. The Balaban J connectivity index is 1.50. The van der Waals surface area contributed by atoms with Gasteiger partial charge in [-0.05, 0) is 29.1 Å². The average molecular weight is 349 g/mol. The molecule has 0 unspecified atom stereocenters. The van der Waals surface area contributed by atoms with Crippen LogP contribution in [0.1, 0.15) is 15.2 Å². The first kappa shape index (κ1) is 16.1. The molecule has 2 heterocycles. The Morgan fingerprint density at radius 1 is 1.25 bits per heavy atom. The average Bonchev–Trinajstić information content (AvgIpc) is 3.25. The maximum atomic E-state index is 11.9. The molecule has 1 aromatic carbocycles. The van der Waals surface area contributed by atoms with Crippen LogP contribution < -0.4 is 19.5 Å². The van der Waals surface area contributed by atoms with Crippen LogP contribution in [-0.4, -0.2) is 32.4 Å². The van der Waals surface area contributed by atoms with E-state index in [1.807, 2.05) is 12.1 Å². The van der Waals surface area contributed by atoms with Gasteiger partial charge in [-0.15, -0.1) is 11.3 Å². The number of ether oxygens (including phenoxy) is 4. The van der Waals surface area contributed by atoms with E-state index in [-0.39, 0.29) is 19.3 Å². The van der Waals surface area contributed by atoms with Gasteiger partial charge in [-0.1, -0.05) is 6.07 Å². The van der Waals surface area contributed by atoms with E-state index >= 15 is 0 Å². The number of carbonyl (C=O) groups excluding carboxylic acids is 2. The van der Waals surface area contributed by atoms with Gasteiger partial charge in [-0.25, -0.2) is 4.79 Å². The minimum atomic E-state index is -0.485. The second kappa shape index (κ2) is 7.22. The summed E-state index contributed by atoms with van der Waals surface area (Å²) in [6.45, 7) is 0.361. The van der Waals surface area contributed by atoms with Crippen molar-refractivity contribution in [2.75, 3.05) is 20.5 Å². The molecule has 0 fully saturated rings. The predicted molar refractivity (Wildman–Crippen MR) is 85.6 cm³/mol. The molecule has 0 bridgehead atoms. The molecular formula is C16H15NO6S. The Bertz CT molecular complexity index is 757. The van der Waals surface area contributed by atoms with E-state index in [4.69, 9.17) is 14.2 Å². The summed E-state index contributed by atoms with van der Waals surface area (Å²) in [6, 6.07) is 7.09. The molecule has 1 aromatic heterocycles. The number of benzene rings is 1. The van der Waals surface area contributed by atoms with Crippen molar-refractivity contribution in [2.45, 2.75) is 6.54 Å². The molecule has 0 saturated heterocycles. The van der Waals surface area contributed by atoms with Crippen LogP contribution >= 0.6 is 11.3 Å². The maximum absolute atomic E-state index is 11.9. The summed E-state index contributed by atoms with van der Waals surface area (Å²) >= 11 is 1.20. The summed E-state index contributed by atoms with van der Waals surface area (Å²) in [5.41, 5.74) is 0.887. The molecule has 2 aromatic rings. The lowest BCUT2D eigenvalue weighted by Gasteiger charge is -2.08. The van der Waals surface area contributed by atoms with Crippen LogP contribution in [0.3, 0.4) is 0 Å². The predicted octanol–water partition coefficient (Wildman–Crippen LogP) is 1.96. The molecule has 126 valence electrons. The number of thiophene rings is 1. The van der Waals surface area contributed by atoms with Crippen LogP contribution in [-0.2, 0) is 16.1 Å². The highest BCUT2D eigenvalue weighted by Crippen LogP contribution is 2.32. The molecular weight excluding hydrogens is 334 g/mol. The van der Waals surface area contributed by atoms with Crippen LogP contribution in [0.4, 0.5) is 0 Å². The lowest BCUT2D eigenvalue weighted by atomic mass is 10.2. The van der Waals surface area contributed by atoms with Crippen molar-refractivity contribution in [2.24, 2.45) is 0 Å². The van der Waals surface area contributed by atoms with Gasteiger partial charge in [0.05, 0.1) is 7.11 Å². The lowest BCUT2D eigenvalue weighted by molar-refractivity contribution is -0.123. The van der Waals surface area contributed by atoms with Gasteiger partial charge < -0.3 is 24.3 Å². The molecule has 1 aliphatic rings. The molecule has 0 radical (unpaired) electrons. The molecule has 3 rings (SSSR count). The first-order valence-corrected chi connectivity index (χ1v) is 7.99. The van der Waals surface area contributed by atoms with Gasteiger partial charge in [-0.2, -0.15) is 0 Å². The summed E-state index contributed by atoms with van der Waals surface area (Å²) < 4.78 is 20.5. The first-order valence-electron chi connectivity index (χ1n) is 7.11. The molecule has 24 heavy (non-hydrogen) atoms. The maximum Gasteiger partial charge on any atom is 0.351 e. The van der Waals surface area contributed by atoms with E-state index in [0.717, 1.165) is 5.56 Å². The molecule has 0 saturated carbocycles. The van der Waals surface area contributed by atoms with Crippen molar-refractivity contribution >= 4 is 23.2 Å². The van der Waals surface area contributed by atoms with Gasteiger partial charge in [0.2, 0.25) is 6.79 Å². The third kappa shape index (κ3) is 3.60. The first-order chi connectivity index (χ1) is 11.7. The normalized spacial score (nSPS) is 11.9. The molecule has 0 atom stereocenters. The largest absolute Gasteiger partial charge is 0.482 e. The topological polar surface area (TPSA) is 83.1 Å². The van der Waals surface area contributed by atoms with E-state index in [0.29, 0.717) is 28.7 Å². The number of methoxy groups -OCH3 is 1. The fourth-order valence-electron chi connectivity index (χ4n) is 2.10. The van der Waals surface area contributed by atoms with Gasteiger partial charge in [-0.3, -0.25) is 4.79 Å². The summed E-state index contributed by atoms with van der Waals surface area (Å²) in [4.78, 5) is 23.8. The van der Waals surface area contributed by atoms with Gasteiger partial charge in [0.15, 0.2) is 23.0 Å². The number of hydrogen-bond acceptors (Lipinski definition) is 7. The van der Waals surface area contributed by atoms with Crippen LogP contribution in [0, 0.1) is 0 Å². The number of esters is 1. The smallest absolute Gasteiger partial charge is 0.351 e. The van der Waals surface area contributed by atoms with E-state index in [1.165, 1.54) is 18.4 Å². The van der Waals surface area contributed by atoms with Crippen molar-refractivity contribution in [1.29, 1.82) is 0 Å². The van der Waals surface area contributed by atoms with Crippen molar-refractivity contribution < 1.29 is 28.5 Å². The van der Waals surface area contributed by atoms with Crippen LogP contribution in [0.2, 0.25) is 0 Å². The van der Waals surface area contributed by atoms with Gasteiger partial charge in [0, 0.05) is 6.54 Å². The Morgan fingerprint density at radius 3 is 2.92 bits per heavy atom. The Kier molecular flexibility index (Phi) is 4.85. The highest BCUT2D eigenvalue weighted by Gasteiger charge is 2.16. The number of carbonyl (C=O) groups is 2. The number of rotatable bonds is 6. The number of nitrogens with one attached hydrogen (secondary N) is 1. The zero-order valence-electron chi connectivity index (χ0n) is 12.9. The Hall–Kier alpha value is -2.74. The molecule has 1 aliphatic heterocycles. The van der Waals surface area contributed by atoms with Crippen molar-refractivity contribution in [3.05, 3.63) is 40.1 Å². The highest BCUT2D eigenvalue weighted by molar-refractivity contribution is 7.12. The Labute approximate surface area is 142 Å². The molecule has 8 heteroatoms. The molecule has 0 spiro atoms. The summed E-state index contributed by atoms with van der Waals surface area (Å²) in [7, 11) is 1.30. The second-order valence-corrected chi connectivity index (χ2v) is 5.77. The second-order valence-electron chi connectivity index (χ2n) is 4.86. The Morgan fingerprint density at radius 2 is 2.08 bits per heavy atom. The molecule has 1 amide bonds. The third-order valence-electron chi connectivity index (χ3n) is 3.29. The lowest BCUT2D eigenvalue weighted by Crippen LogP contribution is -2.28. The quantitative estimate of drug-likeness (QED) is 0.803. The van der Waals surface area contributed by atoms with E-state index in [2.05, 4.69) is 10.1 Å². The van der Waals surface area contributed by atoms with Gasteiger partial charge in [0.1, 0.15) is 5.75 Å². The number of hydrogen-bond donors (Lipinski definition) is 1. The third-order valence-corrected chi connectivity index (χ3v) is 4.16.